The number of rotatable bonds is 10. The standard InChI is InChI=1S/C25H25BrN2O3S/c1-18(32-17-20-11-7-4-8-12-20)25(29)28-27-15-21-13-22(26)24(23(14-21)30-2)31-16-19-9-5-3-6-10-19/h3-15,18H,16-17H2,1-2H3,(H,28,29)/b27-15-/t18-/m1/s1. The van der Waals surface area contributed by atoms with Crippen LogP contribution >= 0.6 is 27.7 Å². The van der Waals surface area contributed by atoms with Gasteiger partial charge in [0.25, 0.3) is 5.91 Å². The largest absolute Gasteiger partial charge is 0.493 e. The number of benzene rings is 3. The first-order chi connectivity index (χ1) is 15.6. The molecule has 0 aliphatic carbocycles. The summed E-state index contributed by atoms with van der Waals surface area (Å²) in [5.74, 6) is 1.82. The first-order valence-corrected chi connectivity index (χ1v) is 11.9. The number of carbonyl (C=O) groups excluding carboxylic acids is 1. The molecule has 0 aliphatic heterocycles. The fourth-order valence-electron chi connectivity index (χ4n) is 2.82. The average Bonchev–Trinajstić information content (AvgIpc) is 2.82. The number of halogens is 1. The van der Waals surface area contributed by atoms with E-state index < -0.39 is 0 Å². The Bertz CT molecular complexity index is 1050. The summed E-state index contributed by atoms with van der Waals surface area (Å²) < 4.78 is 12.2. The van der Waals surface area contributed by atoms with Crippen LogP contribution in [-0.4, -0.2) is 24.5 Å². The summed E-state index contributed by atoms with van der Waals surface area (Å²) in [4.78, 5) is 12.3. The molecular weight excluding hydrogens is 488 g/mol. The number of thioether (sulfide) groups is 1. The zero-order valence-electron chi connectivity index (χ0n) is 18.0. The van der Waals surface area contributed by atoms with Gasteiger partial charge in [0.2, 0.25) is 0 Å². The second kappa shape index (κ2) is 12.3. The third kappa shape index (κ3) is 7.14. The number of methoxy groups -OCH3 is 1. The van der Waals surface area contributed by atoms with Gasteiger partial charge >= 0.3 is 0 Å². The Kier molecular flexibility index (Phi) is 9.19. The number of nitrogens with one attached hydrogen (secondary N) is 1. The van der Waals surface area contributed by atoms with Crippen molar-refractivity contribution in [1.82, 2.24) is 5.43 Å². The van der Waals surface area contributed by atoms with Gasteiger partial charge in [-0.1, -0.05) is 60.7 Å². The summed E-state index contributed by atoms with van der Waals surface area (Å²) in [5.41, 5.74) is 5.63. The van der Waals surface area contributed by atoms with Crippen LogP contribution in [0.2, 0.25) is 0 Å². The van der Waals surface area contributed by atoms with Crippen LogP contribution in [0.1, 0.15) is 23.6 Å². The summed E-state index contributed by atoms with van der Waals surface area (Å²) in [6, 6.07) is 23.7. The quantitative estimate of drug-likeness (QED) is 0.275. The van der Waals surface area contributed by atoms with Crippen LogP contribution in [0.15, 0.2) is 82.4 Å². The highest BCUT2D eigenvalue weighted by Gasteiger charge is 2.14. The molecule has 3 aromatic carbocycles. The molecule has 1 atom stereocenters. The molecule has 0 unspecified atom stereocenters. The maximum absolute atomic E-state index is 12.3. The van der Waals surface area contributed by atoms with Crippen LogP contribution < -0.4 is 14.9 Å². The smallest absolute Gasteiger partial charge is 0.252 e. The van der Waals surface area contributed by atoms with Gasteiger partial charge in [0.05, 0.1) is 23.0 Å². The Morgan fingerprint density at radius 1 is 1.09 bits per heavy atom. The zero-order valence-corrected chi connectivity index (χ0v) is 20.4. The van der Waals surface area contributed by atoms with E-state index in [1.165, 1.54) is 5.56 Å². The monoisotopic (exact) mass is 512 g/mol. The van der Waals surface area contributed by atoms with Crippen molar-refractivity contribution in [2.75, 3.05) is 7.11 Å². The van der Waals surface area contributed by atoms with Gasteiger partial charge in [0.15, 0.2) is 11.5 Å². The molecule has 0 heterocycles. The second-order valence-electron chi connectivity index (χ2n) is 6.98. The molecule has 166 valence electrons. The van der Waals surface area contributed by atoms with Crippen molar-refractivity contribution in [3.05, 3.63) is 94.0 Å². The Morgan fingerprint density at radius 2 is 1.75 bits per heavy atom. The minimum atomic E-state index is -0.220. The second-order valence-corrected chi connectivity index (χ2v) is 9.16. The number of carbonyl (C=O) groups is 1. The number of hydrazone groups is 1. The molecule has 1 amide bonds. The summed E-state index contributed by atoms with van der Waals surface area (Å²) in [7, 11) is 1.59. The Hall–Kier alpha value is -2.77. The fraction of sp³-hybridized carbons (Fsp3) is 0.200. The number of hydrogen-bond acceptors (Lipinski definition) is 5. The van der Waals surface area contributed by atoms with E-state index in [0.29, 0.717) is 18.1 Å². The van der Waals surface area contributed by atoms with Gasteiger partial charge in [-0.2, -0.15) is 5.10 Å². The molecule has 0 aromatic heterocycles. The SMILES string of the molecule is COc1cc(/C=N\NC(=O)[C@@H](C)SCc2ccccc2)cc(Br)c1OCc1ccccc1. The maximum Gasteiger partial charge on any atom is 0.252 e. The molecule has 1 N–H and O–H groups in total. The van der Waals surface area contributed by atoms with Crippen LogP contribution in [0.5, 0.6) is 11.5 Å². The van der Waals surface area contributed by atoms with E-state index in [2.05, 4.69) is 26.5 Å². The lowest BCUT2D eigenvalue weighted by molar-refractivity contribution is -0.120. The Labute approximate surface area is 201 Å². The van der Waals surface area contributed by atoms with Crippen molar-refractivity contribution in [1.29, 1.82) is 0 Å². The highest BCUT2D eigenvalue weighted by molar-refractivity contribution is 9.10. The van der Waals surface area contributed by atoms with Gasteiger partial charge in [0, 0.05) is 5.75 Å². The molecular formula is C25H25BrN2O3S. The lowest BCUT2D eigenvalue weighted by Gasteiger charge is -2.13. The number of hydrogen-bond donors (Lipinski definition) is 1. The van der Waals surface area contributed by atoms with E-state index in [0.717, 1.165) is 21.4 Å². The predicted octanol–water partition coefficient (Wildman–Crippen LogP) is 5.81. The van der Waals surface area contributed by atoms with Crippen molar-refractivity contribution < 1.29 is 14.3 Å². The number of ether oxygens (including phenoxy) is 2. The molecule has 3 aromatic rings. The van der Waals surface area contributed by atoms with E-state index >= 15 is 0 Å². The normalized spacial score (nSPS) is 11.8. The summed E-state index contributed by atoms with van der Waals surface area (Å²) in [5, 5.41) is 3.88. The summed E-state index contributed by atoms with van der Waals surface area (Å²) >= 11 is 5.11. The van der Waals surface area contributed by atoms with Gasteiger partial charge in [-0.25, -0.2) is 5.43 Å². The molecule has 0 saturated carbocycles. The average molecular weight is 513 g/mol. The predicted molar refractivity (Wildman–Crippen MR) is 134 cm³/mol. The van der Waals surface area contributed by atoms with Crippen molar-refractivity contribution in [2.45, 2.75) is 24.5 Å². The highest BCUT2D eigenvalue weighted by atomic mass is 79.9. The molecule has 0 radical (unpaired) electrons. The van der Waals surface area contributed by atoms with Crippen LogP contribution in [-0.2, 0) is 17.2 Å². The number of nitrogens with zero attached hydrogens (tertiary/aromatic N) is 1. The van der Waals surface area contributed by atoms with Crippen molar-refractivity contribution in [3.63, 3.8) is 0 Å². The molecule has 0 bridgehead atoms. The molecule has 0 saturated heterocycles. The van der Waals surface area contributed by atoms with E-state index in [-0.39, 0.29) is 11.2 Å². The van der Waals surface area contributed by atoms with Crippen LogP contribution in [0.3, 0.4) is 0 Å². The van der Waals surface area contributed by atoms with E-state index in [1.54, 1.807) is 25.1 Å². The Balaban J connectivity index is 1.56. The first kappa shape index (κ1) is 23.9. The maximum atomic E-state index is 12.3. The topological polar surface area (TPSA) is 59.9 Å². The molecule has 0 fully saturated rings. The van der Waals surface area contributed by atoms with E-state index in [1.807, 2.05) is 79.7 Å². The van der Waals surface area contributed by atoms with Gasteiger partial charge in [-0.05, 0) is 51.7 Å². The summed E-state index contributed by atoms with van der Waals surface area (Å²) in [6.45, 7) is 2.30. The van der Waals surface area contributed by atoms with Crippen molar-refractivity contribution in [3.8, 4) is 11.5 Å². The van der Waals surface area contributed by atoms with Gasteiger partial charge in [-0.3, -0.25) is 4.79 Å². The first-order valence-electron chi connectivity index (χ1n) is 10.1. The van der Waals surface area contributed by atoms with E-state index in [9.17, 15) is 4.79 Å². The van der Waals surface area contributed by atoms with Crippen molar-refractivity contribution >= 4 is 39.8 Å². The van der Waals surface area contributed by atoms with Gasteiger partial charge in [0.1, 0.15) is 6.61 Å². The lowest BCUT2D eigenvalue weighted by atomic mass is 10.2. The minimum absolute atomic E-state index is 0.143. The lowest BCUT2D eigenvalue weighted by Crippen LogP contribution is -2.27. The molecule has 32 heavy (non-hydrogen) atoms. The van der Waals surface area contributed by atoms with Gasteiger partial charge in [-0.15, -0.1) is 11.8 Å². The number of amides is 1. The third-order valence-electron chi connectivity index (χ3n) is 4.58. The molecule has 7 heteroatoms. The molecule has 0 spiro atoms. The minimum Gasteiger partial charge on any atom is -0.493 e. The van der Waals surface area contributed by atoms with Crippen LogP contribution in [0.25, 0.3) is 0 Å². The van der Waals surface area contributed by atoms with Crippen LogP contribution in [0, 0.1) is 0 Å². The third-order valence-corrected chi connectivity index (χ3v) is 6.38. The fourth-order valence-corrected chi connectivity index (χ4v) is 4.23. The highest BCUT2D eigenvalue weighted by Crippen LogP contribution is 2.36. The molecule has 3 rings (SSSR count). The van der Waals surface area contributed by atoms with Crippen molar-refractivity contribution in [2.24, 2.45) is 5.10 Å². The van der Waals surface area contributed by atoms with E-state index in [4.69, 9.17) is 9.47 Å². The molecule has 5 nitrogen and oxygen atoms in total. The molecule has 0 aliphatic rings. The Morgan fingerprint density at radius 3 is 2.41 bits per heavy atom. The zero-order chi connectivity index (χ0) is 22.8. The van der Waals surface area contributed by atoms with Gasteiger partial charge < -0.3 is 9.47 Å². The van der Waals surface area contributed by atoms with Crippen LogP contribution in [0.4, 0.5) is 0 Å². The summed E-state index contributed by atoms with van der Waals surface area (Å²) in [6.07, 6.45) is 1.58.